The Morgan fingerprint density at radius 2 is 2.00 bits per heavy atom. The van der Waals surface area contributed by atoms with Crippen molar-refractivity contribution in [3.8, 4) is 0 Å². The molecule has 0 spiro atoms. The van der Waals surface area contributed by atoms with Crippen LogP contribution >= 0.6 is 11.3 Å². The Bertz CT molecular complexity index is 403. The highest BCUT2D eigenvalue weighted by molar-refractivity contribution is 7.12. The number of carbonyl (C=O) groups excluding carboxylic acids is 1. The average Bonchev–Trinajstić information content (AvgIpc) is 2.86. The zero-order valence-corrected chi connectivity index (χ0v) is 13.0. The van der Waals surface area contributed by atoms with Crippen molar-refractivity contribution < 1.29 is 9.53 Å². The van der Waals surface area contributed by atoms with Gasteiger partial charge in [0.25, 0.3) is 0 Å². The van der Waals surface area contributed by atoms with Crippen molar-refractivity contribution in [3.63, 3.8) is 0 Å². The lowest BCUT2D eigenvalue weighted by Crippen LogP contribution is -2.41. The van der Waals surface area contributed by atoms with Gasteiger partial charge in [0, 0.05) is 16.3 Å². The molecule has 1 aromatic heterocycles. The van der Waals surface area contributed by atoms with E-state index in [2.05, 4.69) is 26.0 Å². The minimum Gasteiger partial charge on any atom is -0.466 e. The van der Waals surface area contributed by atoms with E-state index < -0.39 is 5.41 Å². The minimum absolute atomic E-state index is 0.147. The number of thiophene rings is 1. The Labute approximate surface area is 120 Å². The first kappa shape index (κ1) is 16.2. The first-order valence-electron chi connectivity index (χ1n) is 7.06. The Hall–Kier alpha value is -0.870. The van der Waals surface area contributed by atoms with E-state index in [-0.39, 0.29) is 5.97 Å². The topological polar surface area (TPSA) is 52.3 Å². The van der Waals surface area contributed by atoms with Crippen molar-refractivity contribution in [3.05, 3.63) is 21.9 Å². The van der Waals surface area contributed by atoms with E-state index in [4.69, 9.17) is 10.5 Å². The van der Waals surface area contributed by atoms with Crippen LogP contribution < -0.4 is 5.73 Å². The second-order valence-electron chi connectivity index (χ2n) is 4.85. The van der Waals surface area contributed by atoms with E-state index in [0.717, 1.165) is 19.3 Å². The lowest BCUT2D eigenvalue weighted by Gasteiger charge is -2.29. The largest absolute Gasteiger partial charge is 0.466 e. The number of hydrogen-bond acceptors (Lipinski definition) is 4. The molecule has 1 aromatic rings. The fourth-order valence-electron chi connectivity index (χ4n) is 2.32. The molecular weight excluding hydrogens is 258 g/mol. The van der Waals surface area contributed by atoms with Crippen LogP contribution in [0.5, 0.6) is 0 Å². The molecular formula is C15H25NO2S. The van der Waals surface area contributed by atoms with Crippen molar-refractivity contribution in [1.82, 2.24) is 0 Å². The van der Waals surface area contributed by atoms with Gasteiger partial charge in [-0.05, 0) is 38.3 Å². The summed E-state index contributed by atoms with van der Waals surface area (Å²) in [5.74, 6) is -0.147. The van der Waals surface area contributed by atoms with Crippen LogP contribution in [-0.2, 0) is 22.4 Å². The molecule has 0 amide bonds. The zero-order valence-electron chi connectivity index (χ0n) is 12.2. The molecule has 0 fully saturated rings. The summed E-state index contributed by atoms with van der Waals surface area (Å²) in [5.41, 5.74) is 5.36. The third kappa shape index (κ3) is 4.05. The van der Waals surface area contributed by atoms with Gasteiger partial charge in [-0.15, -0.1) is 11.3 Å². The summed E-state index contributed by atoms with van der Waals surface area (Å²) in [6, 6.07) is 4.25. The van der Waals surface area contributed by atoms with Gasteiger partial charge in [0.15, 0.2) is 0 Å². The van der Waals surface area contributed by atoms with Gasteiger partial charge in [0.2, 0.25) is 0 Å². The molecule has 1 heterocycles. The Balaban J connectivity index is 2.92. The van der Waals surface area contributed by atoms with Crippen LogP contribution in [-0.4, -0.2) is 19.1 Å². The molecule has 0 saturated heterocycles. The zero-order chi connectivity index (χ0) is 14.3. The number of esters is 1. The number of carbonyl (C=O) groups is 1. The van der Waals surface area contributed by atoms with E-state index in [1.165, 1.54) is 9.75 Å². The summed E-state index contributed by atoms with van der Waals surface area (Å²) < 4.78 is 5.24. The van der Waals surface area contributed by atoms with E-state index >= 15 is 0 Å². The molecule has 0 aromatic carbocycles. The third-order valence-corrected chi connectivity index (χ3v) is 4.64. The predicted octanol–water partition coefficient (Wildman–Crippen LogP) is 3.16. The SMILES string of the molecule is CCCC(CN)(Cc1ccc(CC)s1)C(=O)OCC. The van der Waals surface area contributed by atoms with E-state index in [9.17, 15) is 4.79 Å². The van der Waals surface area contributed by atoms with Crippen molar-refractivity contribution in [2.45, 2.75) is 46.5 Å². The number of rotatable bonds is 8. The van der Waals surface area contributed by atoms with Crippen LogP contribution in [0.25, 0.3) is 0 Å². The van der Waals surface area contributed by atoms with Gasteiger partial charge in [-0.25, -0.2) is 0 Å². The fourth-order valence-corrected chi connectivity index (χ4v) is 3.43. The van der Waals surface area contributed by atoms with Crippen LogP contribution in [0.4, 0.5) is 0 Å². The van der Waals surface area contributed by atoms with Crippen molar-refractivity contribution in [1.29, 1.82) is 0 Å². The smallest absolute Gasteiger partial charge is 0.313 e. The summed E-state index contributed by atoms with van der Waals surface area (Å²) in [6.07, 6.45) is 3.44. The number of ether oxygens (including phenoxy) is 1. The van der Waals surface area contributed by atoms with E-state index in [0.29, 0.717) is 19.6 Å². The molecule has 0 aliphatic rings. The predicted molar refractivity (Wildman–Crippen MR) is 80.4 cm³/mol. The Morgan fingerprint density at radius 3 is 2.47 bits per heavy atom. The molecule has 4 heteroatoms. The molecule has 3 nitrogen and oxygen atoms in total. The first-order chi connectivity index (χ1) is 9.11. The summed E-state index contributed by atoms with van der Waals surface area (Å²) in [5, 5.41) is 0. The van der Waals surface area contributed by atoms with Gasteiger partial charge in [0.05, 0.1) is 12.0 Å². The monoisotopic (exact) mass is 283 g/mol. The molecule has 1 unspecified atom stereocenters. The highest BCUT2D eigenvalue weighted by Crippen LogP contribution is 2.32. The number of aryl methyl sites for hydroxylation is 1. The second-order valence-corrected chi connectivity index (χ2v) is 6.11. The maximum Gasteiger partial charge on any atom is 0.313 e. The molecule has 19 heavy (non-hydrogen) atoms. The van der Waals surface area contributed by atoms with Crippen molar-refractivity contribution in [2.24, 2.45) is 11.1 Å². The molecule has 0 radical (unpaired) electrons. The molecule has 0 bridgehead atoms. The molecule has 1 atom stereocenters. The van der Waals surface area contributed by atoms with Gasteiger partial charge in [-0.3, -0.25) is 4.79 Å². The second kappa shape index (κ2) is 7.65. The van der Waals surface area contributed by atoms with Crippen LogP contribution in [0.15, 0.2) is 12.1 Å². The van der Waals surface area contributed by atoms with Crippen molar-refractivity contribution in [2.75, 3.05) is 13.2 Å². The summed E-state index contributed by atoms with van der Waals surface area (Å²) in [4.78, 5) is 14.8. The average molecular weight is 283 g/mol. The normalized spacial score (nSPS) is 14.1. The lowest BCUT2D eigenvalue weighted by molar-refractivity contribution is -0.155. The standard InChI is InChI=1S/C15H25NO2S/c1-4-9-15(11-16,14(17)18-6-3)10-13-8-7-12(5-2)19-13/h7-8H,4-6,9-11,16H2,1-3H3. The van der Waals surface area contributed by atoms with Gasteiger partial charge in [-0.1, -0.05) is 20.3 Å². The summed E-state index contributed by atoms with van der Waals surface area (Å²) >= 11 is 1.77. The number of hydrogen-bond donors (Lipinski definition) is 1. The van der Waals surface area contributed by atoms with Crippen LogP contribution in [0.3, 0.4) is 0 Å². The minimum atomic E-state index is -0.555. The molecule has 108 valence electrons. The molecule has 0 saturated carbocycles. The highest BCUT2D eigenvalue weighted by atomic mass is 32.1. The van der Waals surface area contributed by atoms with Crippen LogP contribution in [0.2, 0.25) is 0 Å². The summed E-state index contributed by atoms with van der Waals surface area (Å²) in [6.45, 7) is 6.82. The number of nitrogens with two attached hydrogens (primary N) is 1. The Morgan fingerprint density at radius 1 is 1.32 bits per heavy atom. The first-order valence-corrected chi connectivity index (χ1v) is 7.88. The third-order valence-electron chi connectivity index (χ3n) is 3.41. The van der Waals surface area contributed by atoms with E-state index in [1.54, 1.807) is 11.3 Å². The lowest BCUT2D eigenvalue weighted by atomic mass is 9.79. The molecule has 0 aliphatic heterocycles. The van der Waals surface area contributed by atoms with Gasteiger partial charge < -0.3 is 10.5 Å². The quantitative estimate of drug-likeness (QED) is 0.746. The summed E-state index contributed by atoms with van der Waals surface area (Å²) in [7, 11) is 0. The maximum atomic E-state index is 12.3. The molecule has 1 rings (SSSR count). The maximum absolute atomic E-state index is 12.3. The van der Waals surface area contributed by atoms with Gasteiger partial charge >= 0.3 is 5.97 Å². The van der Waals surface area contributed by atoms with Crippen molar-refractivity contribution >= 4 is 17.3 Å². The van der Waals surface area contributed by atoms with Crippen LogP contribution in [0, 0.1) is 5.41 Å². The van der Waals surface area contributed by atoms with E-state index in [1.807, 2.05) is 6.92 Å². The fraction of sp³-hybridized carbons (Fsp3) is 0.667. The van der Waals surface area contributed by atoms with Gasteiger partial charge in [-0.2, -0.15) is 0 Å². The van der Waals surface area contributed by atoms with Crippen LogP contribution in [0.1, 0.15) is 43.4 Å². The Kier molecular flexibility index (Phi) is 6.52. The van der Waals surface area contributed by atoms with Gasteiger partial charge in [0.1, 0.15) is 0 Å². The molecule has 0 aliphatic carbocycles. The highest BCUT2D eigenvalue weighted by Gasteiger charge is 2.38. The molecule has 2 N–H and O–H groups in total.